The fourth-order valence-corrected chi connectivity index (χ4v) is 2.39. The molecule has 0 fully saturated rings. The zero-order chi connectivity index (χ0) is 16.2. The molecule has 1 aliphatic rings. The van der Waals surface area contributed by atoms with Gasteiger partial charge in [0.2, 0.25) is 11.9 Å². The van der Waals surface area contributed by atoms with Crippen LogP contribution in [0.25, 0.3) is 10.9 Å². The number of rotatable bonds is 4. The first-order chi connectivity index (χ1) is 11.2. The summed E-state index contributed by atoms with van der Waals surface area (Å²) >= 11 is 0. The van der Waals surface area contributed by atoms with Gasteiger partial charge in [0.25, 0.3) is 0 Å². The maximum absolute atomic E-state index is 8.93. The van der Waals surface area contributed by atoms with Crippen molar-refractivity contribution in [1.82, 2.24) is 20.2 Å². The number of aliphatic hydroxyl groups excluding tert-OH is 1. The summed E-state index contributed by atoms with van der Waals surface area (Å²) in [6.45, 7) is 3.80. The Morgan fingerprint density at radius 1 is 1.39 bits per heavy atom. The van der Waals surface area contributed by atoms with E-state index in [9.17, 15) is 0 Å². The number of hydrogen-bond donors (Lipinski definition) is 3. The summed E-state index contributed by atoms with van der Waals surface area (Å²) in [7, 11) is 1.64. The van der Waals surface area contributed by atoms with Gasteiger partial charge in [0.15, 0.2) is 0 Å². The van der Waals surface area contributed by atoms with Gasteiger partial charge < -0.3 is 15.2 Å². The van der Waals surface area contributed by atoms with Gasteiger partial charge in [-0.2, -0.15) is 0 Å². The Kier molecular flexibility index (Phi) is 4.54. The van der Waals surface area contributed by atoms with Crippen molar-refractivity contribution in [3.05, 3.63) is 23.9 Å². The first-order valence-corrected chi connectivity index (χ1v) is 7.40. The molecule has 1 aliphatic heterocycles. The van der Waals surface area contributed by atoms with E-state index in [1.165, 1.54) is 0 Å². The number of nitrogens with one attached hydrogen (secondary N) is 2. The minimum atomic E-state index is 0.121. The third-order valence-electron chi connectivity index (χ3n) is 3.64. The largest absolute Gasteiger partial charge is 0.497 e. The first-order valence-electron chi connectivity index (χ1n) is 7.40. The Labute approximate surface area is 134 Å². The van der Waals surface area contributed by atoms with E-state index in [4.69, 9.17) is 9.84 Å². The highest BCUT2D eigenvalue weighted by molar-refractivity contribution is 5.93. The van der Waals surface area contributed by atoms with Crippen LogP contribution >= 0.6 is 0 Å². The standard InChI is InChI=1S/C15H20N6O2/c1-10-12-7-11(23-2)3-4-13(12)19-15(18-10)20-14-16-8-21(5-6-22)9-17-14/h3-4,7,22H,5-6,8-9H2,1-2H3,(H2,16,17,18,19,20). The second-order valence-corrected chi connectivity index (χ2v) is 5.24. The molecule has 1 aromatic carbocycles. The number of anilines is 1. The molecule has 0 saturated heterocycles. The summed E-state index contributed by atoms with van der Waals surface area (Å²) in [6, 6.07) is 5.71. The van der Waals surface area contributed by atoms with Crippen LogP contribution in [0.15, 0.2) is 23.2 Å². The first kappa shape index (κ1) is 15.4. The molecule has 2 heterocycles. The smallest absolute Gasteiger partial charge is 0.230 e. The molecule has 0 aliphatic carbocycles. The average Bonchev–Trinajstić information content (AvgIpc) is 2.57. The third-order valence-corrected chi connectivity index (χ3v) is 3.64. The number of hydrogen-bond acceptors (Lipinski definition) is 8. The topological polar surface area (TPSA) is 94.9 Å². The summed E-state index contributed by atoms with van der Waals surface area (Å²) in [5, 5.41) is 16.1. The van der Waals surface area contributed by atoms with Gasteiger partial charge in [0.05, 0.1) is 38.3 Å². The number of methoxy groups -OCH3 is 1. The quantitative estimate of drug-likeness (QED) is 0.757. The number of benzene rings is 1. The summed E-state index contributed by atoms with van der Waals surface area (Å²) < 4.78 is 5.24. The number of guanidine groups is 1. The van der Waals surface area contributed by atoms with Gasteiger partial charge in [-0.3, -0.25) is 10.2 Å². The highest BCUT2D eigenvalue weighted by Gasteiger charge is 2.13. The normalized spacial score (nSPS) is 15.2. The van der Waals surface area contributed by atoms with E-state index in [1.54, 1.807) is 7.11 Å². The fraction of sp³-hybridized carbons (Fsp3) is 0.400. The number of β-amino-alcohol motifs (C(OH)–C–C–N with tert-alkyl or cyclic N) is 1. The van der Waals surface area contributed by atoms with Crippen molar-refractivity contribution in [1.29, 1.82) is 0 Å². The third kappa shape index (κ3) is 3.49. The second-order valence-electron chi connectivity index (χ2n) is 5.24. The van der Waals surface area contributed by atoms with Crippen LogP contribution in [0.4, 0.5) is 5.95 Å². The molecule has 8 nitrogen and oxygen atoms in total. The Hall–Kier alpha value is -2.45. The van der Waals surface area contributed by atoms with Gasteiger partial charge in [0, 0.05) is 11.9 Å². The van der Waals surface area contributed by atoms with Crippen LogP contribution < -0.4 is 15.4 Å². The van der Waals surface area contributed by atoms with Crippen molar-refractivity contribution in [2.24, 2.45) is 4.99 Å². The van der Waals surface area contributed by atoms with Gasteiger partial charge in [-0.1, -0.05) is 0 Å². The van der Waals surface area contributed by atoms with Crippen LogP contribution in [0.1, 0.15) is 5.69 Å². The maximum atomic E-state index is 8.93. The maximum Gasteiger partial charge on any atom is 0.230 e. The molecule has 3 rings (SSSR count). The lowest BCUT2D eigenvalue weighted by Gasteiger charge is -2.26. The molecule has 23 heavy (non-hydrogen) atoms. The zero-order valence-electron chi connectivity index (χ0n) is 13.2. The van der Waals surface area contributed by atoms with Crippen LogP contribution in [-0.2, 0) is 0 Å². The predicted molar refractivity (Wildman–Crippen MR) is 88.5 cm³/mol. The molecule has 0 amide bonds. The van der Waals surface area contributed by atoms with E-state index in [0.29, 0.717) is 31.8 Å². The Bertz CT molecular complexity index is 733. The fourth-order valence-electron chi connectivity index (χ4n) is 2.39. The minimum absolute atomic E-state index is 0.121. The molecule has 0 unspecified atom stereocenters. The van der Waals surface area contributed by atoms with Crippen LogP contribution in [0.2, 0.25) is 0 Å². The molecule has 0 radical (unpaired) electrons. The van der Waals surface area contributed by atoms with Gasteiger partial charge in [-0.15, -0.1) is 0 Å². The van der Waals surface area contributed by atoms with Crippen molar-refractivity contribution >= 4 is 22.8 Å². The summed E-state index contributed by atoms with van der Waals surface area (Å²) in [4.78, 5) is 15.3. The summed E-state index contributed by atoms with van der Waals surface area (Å²) in [6.07, 6.45) is 0. The minimum Gasteiger partial charge on any atom is -0.497 e. The van der Waals surface area contributed by atoms with Crippen LogP contribution in [0.3, 0.4) is 0 Å². The number of nitrogens with zero attached hydrogens (tertiary/aromatic N) is 4. The van der Waals surface area contributed by atoms with Gasteiger partial charge in [0.1, 0.15) is 5.75 Å². The molecule has 2 aromatic rings. The number of aliphatic imine (C=N–C) groups is 1. The SMILES string of the molecule is COc1ccc2nc(NC3=NCN(CCO)CN3)nc(C)c2c1. The van der Waals surface area contributed by atoms with Gasteiger partial charge in [-0.05, 0) is 25.1 Å². The highest BCUT2D eigenvalue weighted by Crippen LogP contribution is 2.22. The molecular formula is C15H20N6O2. The zero-order valence-corrected chi connectivity index (χ0v) is 13.2. The van der Waals surface area contributed by atoms with E-state index in [-0.39, 0.29) is 6.61 Å². The van der Waals surface area contributed by atoms with E-state index in [0.717, 1.165) is 22.3 Å². The molecule has 0 saturated carbocycles. The number of aromatic nitrogens is 2. The monoisotopic (exact) mass is 316 g/mol. The van der Waals surface area contributed by atoms with E-state index in [1.807, 2.05) is 30.0 Å². The predicted octanol–water partition coefficient (Wildman–Crippen LogP) is 0.527. The molecule has 8 heteroatoms. The van der Waals surface area contributed by atoms with Crippen LogP contribution in [0, 0.1) is 6.92 Å². The average molecular weight is 316 g/mol. The molecular weight excluding hydrogens is 296 g/mol. The van der Waals surface area contributed by atoms with E-state index < -0.39 is 0 Å². The molecule has 1 aromatic heterocycles. The van der Waals surface area contributed by atoms with Crippen molar-refractivity contribution < 1.29 is 9.84 Å². The van der Waals surface area contributed by atoms with E-state index in [2.05, 4.69) is 25.6 Å². The highest BCUT2D eigenvalue weighted by atomic mass is 16.5. The number of ether oxygens (including phenoxy) is 1. The lowest BCUT2D eigenvalue weighted by atomic mass is 10.2. The number of fused-ring (bicyclic) bond motifs is 1. The Morgan fingerprint density at radius 2 is 2.26 bits per heavy atom. The number of aryl methyl sites for hydroxylation is 1. The lowest BCUT2D eigenvalue weighted by Crippen LogP contribution is -2.46. The van der Waals surface area contributed by atoms with Gasteiger partial charge >= 0.3 is 0 Å². The van der Waals surface area contributed by atoms with Crippen molar-refractivity contribution in [2.45, 2.75) is 6.92 Å². The molecule has 0 bridgehead atoms. The van der Waals surface area contributed by atoms with Gasteiger partial charge in [-0.25, -0.2) is 15.0 Å². The molecule has 122 valence electrons. The van der Waals surface area contributed by atoms with Crippen LogP contribution in [0.5, 0.6) is 5.75 Å². The number of aliphatic hydroxyl groups is 1. The van der Waals surface area contributed by atoms with Crippen LogP contribution in [-0.4, -0.2) is 59.5 Å². The van der Waals surface area contributed by atoms with Crippen molar-refractivity contribution in [2.75, 3.05) is 38.9 Å². The summed E-state index contributed by atoms with van der Waals surface area (Å²) in [5.74, 6) is 1.92. The van der Waals surface area contributed by atoms with Crippen molar-refractivity contribution in [3.8, 4) is 5.75 Å². The van der Waals surface area contributed by atoms with Crippen molar-refractivity contribution in [3.63, 3.8) is 0 Å². The lowest BCUT2D eigenvalue weighted by molar-refractivity contribution is 0.191. The molecule has 3 N–H and O–H groups in total. The molecule has 0 atom stereocenters. The summed E-state index contributed by atoms with van der Waals surface area (Å²) in [5.41, 5.74) is 1.72. The van der Waals surface area contributed by atoms with E-state index >= 15 is 0 Å². The molecule has 0 spiro atoms. The Balaban J connectivity index is 1.79. The second kappa shape index (κ2) is 6.76. The Morgan fingerprint density at radius 3 is 2.96 bits per heavy atom.